The Morgan fingerprint density at radius 2 is 1.90 bits per heavy atom. The van der Waals surface area contributed by atoms with Crippen LogP contribution in [-0.4, -0.2) is 71.4 Å². The number of hydrogen-bond donors (Lipinski definition) is 3. The van der Waals surface area contributed by atoms with Crippen molar-refractivity contribution in [2.45, 2.75) is 24.6 Å². The Morgan fingerprint density at radius 1 is 1.24 bits per heavy atom. The molecule has 1 fully saturated rings. The van der Waals surface area contributed by atoms with Crippen LogP contribution >= 0.6 is 0 Å². The zero-order valence-corrected chi connectivity index (χ0v) is 11.8. The van der Waals surface area contributed by atoms with Crippen molar-refractivity contribution < 1.29 is 29.6 Å². The number of benzene rings is 1. The van der Waals surface area contributed by atoms with Crippen LogP contribution in [0.15, 0.2) is 24.3 Å². The topological polar surface area (TPSA) is 99.5 Å². The lowest BCUT2D eigenvalue weighted by molar-refractivity contribution is -0.242. The summed E-state index contributed by atoms with van der Waals surface area (Å²) in [6.45, 7) is -0.160. The van der Waals surface area contributed by atoms with Crippen LogP contribution in [-0.2, 0) is 4.74 Å². The first-order chi connectivity index (χ1) is 9.91. The molecule has 0 aliphatic carbocycles. The van der Waals surface area contributed by atoms with Gasteiger partial charge in [0.25, 0.3) is 5.91 Å². The van der Waals surface area contributed by atoms with E-state index in [4.69, 9.17) is 9.47 Å². The minimum absolute atomic E-state index is 0.160. The molecule has 0 aromatic heterocycles. The molecule has 1 aromatic rings. The normalized spacial score (nSPS) is 29.0. The van der Waals surface area contributed by atoms with Crippen LogP contribution in [0.2, 0.25) is 0 Å². The summed E-state index contributed by atoms with van der Waals surface area (Å²) >= 11 is 0. The number of ether oxygens (including phenoxy) is 2. The van der Waals surface area contributed by atoms with Crippen LogP contribution in [0.1, 0.15) is 10.4 Å². The molecule has 2 rings (SSSR count). The van der Waals surface area contributed by atoms with E-state index < -0.39 is 24.6 Å². The number of amides is 1. The van der Waals surface area contributed by atoms with Crippen molar-refractivity contribution in [3.05, 3.63) is 29.8 Å². The van der Waals surface area contributed by atoms with Crippen molar-refractivity contribution in [3.8, 4) is 5.75 Å². The summed E-state index contributed by atoms with van der Waals surface area (Å²) in [5.74, 6) is -0.0136. The van der Waals surface area contributed by atoms with Gasteiger partial charge in [-0.1, -0.05) is 12.1 Å². The largest absolute Gasteiger partial charge is 0.461 e. The van der Waals surface area contributed by atoms with Crippen LogP contribution in [0.4, 0.5) is 0 Å². The Kier molecular flexibility index (Phi) is 4.79. The van der Waals surface area contributed by atoms with Gasteiger partial charge >= 0.3 is 0 Å². The van der Waals surface area contributed by atoms with Crippen LogP contribution in [0, 0.1) is 0 Å². The summed E-state index contributed by atoms with van der Waals surface area (Å²) in [6, 6.07) is 6.55. The molecule has 0 spiro atoms. The summed E-state index contributed by atoms with van der Waals surface area (Å²) in [4.78, 5) is 13.5. The van der Waals surface area contributed by atoms with Gasteiger partial charge in [-0.25, -0.2) is 0 Å². The molecule has 21 heavy (non-hydrogen) atoms. The minimum Gasteiger partial charge on any atom is -0.461 e. The predicted octanol–water partition coefficient (Wildman–Crippen LogP) is -0.794. The molecule has 1 heterocycles. The van der Waals surface area contributed by atoms with Crippen molar-refractivity contribution in [1.82, 2.24) is 4.90 Å². The first-order valence-corrected chi connectivity index (χ1v) is 6.55. The quantitative estimate of drug-likeness (QED) is 0.676. The lowest BCUT2D eigenvalue weighted by Gasteiger charge is -2.35. The summed E-state index contributed by atoms with van der Waals surface area (Å²) in [6.07, 6.45) is -5.09. The average molecular weight is 297 g/mol. The summed E-state index contributed by atoms with van der Waals surface area (Å²) in [7, 11) is 3.23. The van der Waals surface area contributed by atoms with E-state index in [1.54, 1.807) is 38.4 Å². The fourth-order valence-corrected chi connectivity index (χ4v) is 2.00. The van der Waals surface area contributed by atoms with Gasteiger partial charge in [-0.05, 0) is 12.1 Å². The van der Waals surface area contributed by atoms with Gasteiger partial charge in [-0.3, -0.25) is 4.79 Å². The molecule has 0 bridgehead atoms. The lowest BCUT2D eigenvalue weighted by atomic mass is 10.1. The molecular formula is C14H19NO6. The fraction of sp³-hybridized carbons (Fsp3) is 0.500. The van der Waals surface area contributed by atoms with Gasteiger partial charge in [0.15, 0.2) is 0 Å². The number of hydrogen-bond acceptors (Lipinski definition) is 6. The number of carbonyl (C=O) groups is 1. The van der Waals surface area contributed by atoms with Gasteiger partial charge in [-0.2, -0.15) is 0 Å². The molecule has 1 aliphatic rings. The molecule has 4 atom stereocenters. The van der Waals surface area contributed by atoms with E-state index in [9.17, 15) is 20.1 Å². The Balaban J connectivity index is 2.18. The molecule has 7 heteroatoms. The van der Waals surface area contributed by atoms with Gasteiger partial charge in [-0.15, -0.1) is 0 Å². The maximum atomic E-state index is 12.1. The fourth-order valence-electron chi connectivity index (χ4n) is 2.00. The Labute approximate surface area is 122 Å². The number of aliphatic hydroxyl groups excluding tert-OH is 3. The van der Waals surface area contributed by atoms with Crippen LogP contribution in [0.3, 0.4) is 0 Å². The molecule has 1 saturated heterocycles. The second kappa shape index (κ2) is 6.40. The molecule has 1 aliphatic heterocycles. The molecule has 116 valence electrons. The molecule has 7 nitrogen and oxygen atoms in total. The SMILES string of the molecule is CN(C)C(=O)c1ccccc1OC1OCC(O)C(O)C1O. The highest BCUT2D eigenvalue weighted by Gasteiger charge is 2.39. The van der Waals surface area contributed by atoms with Crippen molar-refractivity contribution in [3.63, 3.8) is 0 Å². The van der Waals surface area contributed by atoms with Gasteiger partial charge in [0, 0.05) is 14.1 Å². The van der Waals surface area contributed by atoms with Gasteiger partial charge in [0.2, 0.25) is 6.29 Å². The van der Waals surface area contributed by atoms with E-state index in [0.717, 1.165) is 0 Å². The molecule has 1 amide bonds. The van der Waals surface area contributed by atoms with Crippen LogP contribution < -0.4 is 4.74 Å². The molecule has 3 N–H and O–H groups in total. The second-order valence-electron chi connectivity index (χ2n) is 5.06. The second-order valence-corrected chi connectivity index (χ2v) is 5.06. The third-order valence-corrected chi connectivity index (χ3v) is 3.22. The maximum Gasteiger partial charge on any atom is 0.257 e. The number of nitrogens with zero attached hydrogens (tertiary/aromatic N) is 1. The van der Waals surface area contributed by atoms with Crippen LogP contribution in [0.25, 0.3) is 0 Å². The van der Waals surface area contributed by atoms with E-state index in [-0.39, 0.29) is 18.3 Å². The zero-order chi connectivity index (χ0) is 15.6. The zero-order valence-electron chi connectivity index (χ0n) is 11.8. The summed E-state index contributed by atoms with van der Waals surface area (Å²) < 4.78 is 10.7. The van der Waals surface area contributed by atoms with E-state index in [0.29, 0.717) is 5.56 Å². The van der Waals surface area contributed by atoms with E-state index in [1.165, 1.54) is 4.90 Å². The molecule has 0 saturated carbocycles. The maximum absolute atomic E-state index is 12.1. The predicted molar refractivity (Wildman–Crippen MR) is 72.8 cm³/mol. The standard InChI is InChI=1S/C14H19NO6/c1-15(2)13(19)8-5-3-4-6-10(8)21-14-12(18)11(17)9(16)7-20-14/h3-6,9,11-12,14,16-18H,7H2,1-2H3. The highest BCUT2D eigenvalue weighted by atomic mass is 16.7. The van der Waals surface area contributed by atoms with E-state index >= 15 is 0 Å². The third kappa shape index (κ3) is 3.33. The molecule has 0 radical (unpaired) electrons. The highest BCUT2D eigenvalue weighted by molar-refractivity contribution is 5.96. The Bertz CT molecular complexity index is 506. The minimum atomic E-state index is -1.41. The van der Waals surface area contributed by atoms with Crippen molar-refractivity contribution in [2.75, 3.05) is 20.7 Å². The first kappa shape index (κ1) is 15.7. The summed E-state index contributed by atoms with van der Waals surface area (Å²) in [5, 5.41) is 28.9. The highest BCUT2D eigenvalue weighted by Crippen LogP contribution is 2.24. The number of para-hydroxylation sites is 1. The number of carbonyl (C=O) groups excluding carboxylic acids is 1. The van der Waals surface area contributed by atoms with Crippen LogP contribution in [0.5, 0.6) is 5.75 Å². The van der Waals surface area contributed by atoms with Gasteiger partial charge in [0.1, 0.15) is 24.1 Å². The van der Waals surface area contributed by atoms with Crippen molar-refractivity contribution >= 4 is 5.91 Å². The van der Waals surface area contributed by atoms with Gasteiger partial charge < -0.3 is 29.7 Å². The molecular weight excluding hydrogens is 278 g/mol. The van der Waals surface area contributed by atoms with E-state index in [1.807, 2.05) is 0 Å². The Morgan fingerprint density at radius 3 is 2.57 bits per heavy atom. The molecule has 1 aromatic carbocycles. The van der Waals surface area contributed by atoms with E-state index in [2.05, 4.69) is 0 Å². The number of aliphatic hydroxyl groups is 3. The third-order valence-electron chi connectivity index (χ3n) is 3.22. The van der Waals surface area contributed by atoms with Crippen molar-refractivity contribution in [1.29, 1.82) is 0 Å². The van der Waals surface area contributed by atoms with Gasteiger partial charge in [0.05, 0.1) is 12.2 Å². The first-order valence-electron chi connectivity index (χ1n) is 6.55. The lowest BCUT2D eigenvalue weighted by Crippen LogP contribution is -2.54. The smallest absolute Gasteiger partial charge is 0.257 e. The molecule has 4 unspecified atom stereocenters. The average Bonchev–Trinajstić information content (AvgIpc) is 2.47. The van der Waals surface area contributed by atoms with Crippen molar-refractivity contribution in [2.24, 2.45) is 0 Å². The number of rotatable bonds is 3. The summed E-state index contributed by atoms with van der Waals surface area (Å²) in [5.41, 5.74) is 0.318. The monoisotopic (exact) mass is 297 g/mol. The Hall–Kier alpha value is -1.67.